The zero-order chi connectivity index (χ0) is 19.3. The number of hydrogen-bond acceptors (Lipinski definition) is 9. The van der Waals surface area contributed by atoms with Crippen LogP contribution in [-0.4, -0.2) is 31.7 Å². The lowest BCUT2D eigenvalue weighted by atomic mass is 10.1. The fourth-order valence-corrected chi connectivity index (χ4v) is 3.91. The number of aliphatic imine (C=N–C) groups is 1. The molecule has 4 rings (SSSR count). The van der Waals surface area contributed by atoms with Crippen LogP contribution in [0.25, 0.3) is 11.5 Å². The predicted molar refractivity (Wildman–Crippen MR) is 109 cm³/mol. The van der Waals surface area contributed by atoms with Crippen LogP contribution in [0.5, 0.6) is 5.75 Å². The van der Waals surface area contributed by atoms with Gasteiger partial charge in [-0.15, -0.1) is 20.4 Å². The molecule has 28 heavy (non-hydrogen) atoms. The molecule has 0 saturated heterocycles. The van der Waals surface area contributed by atoms with Gasteiger partial charge in [-0.2, -0.15) is 0 Å². The van der Waals surface area contributed by atoms with Crippen molar-refractivity contribution in [2.45, 2.75) is 17.0 Å². The van der Waals surface area contributed by atoms with Crippen molar-refractivity contribution in [3.05, 3.63) is 65.5 Å². The van der Waals surface area contributed by atoms with Crippen molar-refractivity contribution in [2.24, 2.45) is 4.99 Å². The lowest BCUT2D eigenvalue weighted by Gasteiger charge is -1.98. The largest absolute Gasteiger partial charge is 0.507 e. The SMILES string of the molecule is Cc1ccccc1-c1nnc(CSc2nnc(/N=C/c3ccccc3O)s2)o1. The Balaban J connectivity index is 1.39. The first-order chi connectivity index (χ1) is 13.7. The number of hydrogen-bond donors (Lipinski definition) is 1. The van der Waals surface area contributed by atoms with Crippen LogP contribution < -0.4 is 0 Å². The monoisotopic (exact) mass is 409 g/mol. The average Bonchev–Trinajstić information content (AvgIpc) is 3.35. The van der Waals surface area contributed by atoms with Crippen LogP contribution in [0.4, 0.5) is 5.13 Å². The molecular formula is C19H15N5O2S2. The molecule has 0 bridgehead atoms. The molecule has 0 aliphatic heterocycles. The maximum absolute atomic E-state index is 9.75. The zero-order valence-corrected chi connectivity index (χ0v) is 16.4. The molecule has 0 aliphatic rings. The molecule has 2 heterocycles. The lowest BCUT2D eigenvalue weighted by Crippen LogP contribution is -1.81. The van der Waals surface area contributed by atoms with Gasteiger partial charge in [-0.25, -0.2) is 4.99 Å². The van der Waals surface area contributed by atoms with Crippen LogP contribution in [0, 0.1) is 6.92 Å². The molecule has 0 unspecified atom stereocenters. The summed E-state index contributed by atoms with van der Waals surface area (Å²) in [6.07, 6.45) is 1.57. The zero-order valence-electron chi connectivity index (χ0n) is 14.8. The predicted octanol–water partition coefficient (Wildman–Crippen LogP) is 4.65. The number of aryl methyl sites for hydroxylation is 1. The Morgan fingerprint density at radius 3 is 2.75 bits per heavy atom. The van der Waals surface area contributed by atoms with Crippen LogP contribution in [0.1, 0.15) is 17.0 Å². The summed E-state index contributed by atoms with van der Waals surface area (Å²) in [5, 5.41) is 26.6. The van der Waals surface area contributed by atoms with E-state index in [4.69, 9.17) is 4.42 Å². The molecule has 4 aromatic rings. The quantitative estimate of drug-likeness (QED) is 0.366. The fourth-order valence-electron chi connectivity index (χ4n) is 2.39. The van der Waals surface area contributed by atoms with E-state index < -0.39 is 0 Å². The molecule has 0 radical (unpaired) electrons. The highest BCUT2D eigenvalue weighted by atomic mass is 32.2. The average molecular weight is 409 g/mol. The van der Waals surface area contributed by atoms with Gasteiger partial charge in [0.15, 0.2) is 4.34 Å². The van der Waals surface area contributed by atoms with E-state index in [9.17, 15) is 5.11 Å². The van der Waals surface area contributed by atoms with Gasteiger partial charge in [0.25, 0.3) is 0 Å². The number of benzene rings is 2. The first-order valence-electron chi connectivity index (χ1n) is 8.36. The molecule has 0 spiro atoms. The molecule has 1 N–H and O–H groups in total. The van der Waals surface area contributed by atoms with Crippen LogP contribution in [0.2, 0.25) is 0 Å². The minimum atomic E-state index is 0.172. The van der Waals surface area contributed by atoms with Gasteiger partial charge in [0.1, 0.15) is 5.75 Å². The van der Waals surface area contributed by atoms with Crippen molar-refractivity contribution in [1.82, 2.24) is 20.4 Å². The Bertz CT molecular complexity index is 1120. The summed E-state index contributed by atoms with van der Waals surface area (Å²) in [7, 11) is 0. The summed E-state index contributed by atoms with van der Waals surface area (Å²) in [6.45, 7) is 2.01. The van der Waals surface area contributed by atoms with Crippen LogP contribution >= 0.6 is 23.1 Å². The highest BCUT2D eigenvalue weighted by Crippen LogP contribution is 2.30. The second kappa shape index (κ2) is 8.32. The van der Waals surface area contributed by atoms with Gasteiger partial charge in [-0.05, 0) is 30.7 Å². The van der Waals surface area contributed by atoms with E-state index in [1.807, 2.05) is 37.3 Å². The molecule has 0 atom stereocenters. The molecule has 0 amide bonds. The van der Waals surface area contributed by atoms with Crippen molar-refractivity contribution in [2.75, 3.05) is 0 Å². The van der Waals surface area contributed by atoms with Gasteiger partial charge in [-0.1, -0.05) is 53.4 Å². The topological polar surface area (TPSA) is 97.3 Å². The van der Waals surface area contributed by atoms with Crippen molar-refractivity contribution >= 4 is 34.4 Å². The Morgan fingerprint density at radius 1 is 1.07 bits per heavy atom. The van der Waals surface area contributed by atoms with E-state index in [0.29, 0.717) is 28.2 Å². The Labute approximate surface area is 169 Å². The highest BCUT2D eigenvalue weighted by molar-refractivity contribution is 8.00. The van der Waals surface area contributed by atoms with Gasteiger partial charge in [0, 0.05) is 17.3 Å². The highest BCUT2D eigenvalue weighted by Gasteiger charge is 2.12. The number of thioether (sulfide) groups is 1. The normalized spacial score (nSPS) is 11.3. The first kappa shape index (κ1) is 18.3. The maximum atomic E-state index is 9.75. The molecule has 7 nitrogen and oxygen atoms in total. The van der Waals surface area contributed by atoms with Crippen LogP contribution in [0.3, 0.4) is 0 Å². The smallest absolute Gasteiger partial charge is 0.248 e. The number of aromatic nitrogens is 4. The third-order valence-corrected chi connectivity index (χ3v) is 5.76. The van der Waals surface area contributed by atoms with Crippen molar-refractivity contribution in [1.29, 1.82) is 0 Å². The van der Waals surface area contributed by atoms with Crippen molar-refractivity contribution < 1.29 is 9.52 Å². The maximum Gasteiger partial charge on any atom is 0.248 e. The molecule has 0 saturated carbocycles. The van der Waals surface area contributed by atoms with Gasteiger partial charge in [-0.3, -0.25) is 0 Å². The number of para-hydroxylation sites is 1. The minimum absolute atomic E-state index is 0.172. The summed E-state index contributed by atoms with van der Waals surface area (Å²) in [4.78, 5) is 4.26. The van der Waals surface area contributed by atoms with E-state index in [-0.39, 0.29) is 5.75 Å². The van der Waals surface area contributed by atoms with Crippen LogP contribution in [-0.2, 0) is 5.75 Å². The summed E-state index contributed by atoms with van der Waals surface area (Å²) in [5.74, 6) is 1.71. The van der Waals surface area contributed by atoms with E-state index in [1.54, 1.807) is 24.4 Å². The molecule has 0 aliphatic carbocycles. The van der Waals surface area contributed by atoms with Crippen LogP contribution in [0.15, 0.2) is 62.3 Å². The standard InChI is InChI=1S/C19H15N5O2S2/c1-12-6-2-4-8-14(12)17-22-21-16(26-17)11-27-19-24-23-18(28-19)20-10-13-7-3-5-9-15(13)25/h2-10,25H,11H2,1H3/b20-10+. The summed E-state index contributed by atoms with van der Waals surface area (Å²) in [5.41, 5.74) is 2.64. The van der Waals surface area contributed by atoms with E-state index in [0.717, 1.165) is 15.5 Å². The molecule has 2 aromatic heterocycles. The van der Waals surface area contributed by atoms with Gasteiger partial charge < -0.3 is 9.52 Å². The van der Waals surface area contributed by atoms with Gasteiger partial charge >= 0.3 is 0 Å². The Kier molecular flexibility index (Phi) is 5.45. The molecule has 9 heteroatoms. The first-order valence-corrected chi connectivity index (χ1v) is 10.2. The summed E-state index contributed by atoms with van der Waals surface area (Å²) in [6, 6.07) is 14.9. The van der Waals surface area contributed by atoms with E-state index in [2.05, 4.69) is 25.4 Å². The van der Waals surface area contributed by atoms with Crippen molar-refractivity contribution in [3.8, 4) is 17.2 Å². The number of nitrogens with zero attached hydrogens (tertiary/aromatic N) is 5. The molecular weight excluding hydrogens is 394 g/mol. The van der Waals surface area contributed by atoms with Gasteiger partial charge in [0.05, 0.1) is 5.75 Å². The molecule has 2 aromatic carbocycles. The third kappa shape index (κ3) is 4.26. The Hall–Kier alpha value is -3.04. The van der Waals surface area contributed by atoms with E-state index >= 15 is 0 Å². The fraction of sp³-hybridized carbons (Fsp3) is 0.105. The Morgan fingerprint density at radius 2 is 1.89 bits per heavy atom. The number of aromatic hydroxyl groups is 1. The molecule has 0 fully saturated rings. The molecule has 140 valence electrons. The second-order valence-corrected chi connectivity index (χ2v) is 7.95. The van der Waals surface area contributed by atoms with E-state index in [1.165, 1.54) is 23.1 Å². The van der Waals surface area contributed by atoms with Crippen molar-refractivity contribution in [3.63, 3.8) is 0 Å². The second-order valence-electron chi connectivity index (χ2n) is 5.77. The minimum Gasteiger partial charge on any atom is -0.507 e. The third-order valence-electron chi connectivity index (χ3n) is 3.81. The lowest BCUT2D eigenvalue weighted by molar-refractivity contribution is 0.474. The summed E-state index contributed by atoms with van der Waals surface area (Å²) >= 11 is 2.81. The number of phenols is 1. The summed E-state index contributed by atoms with van der Waals surface area (Å²) < 4.78 is 6.50. The number of phenolic OH excluding ortho intramolecular Hbond substituents is 1. The van der Waals surface area contributed by atoms with Gasteiger partial charge in [0.2, 0.25) is 16.9 Å². The number of rotatable bonds is 6.